The molecule has 1 aromatic rings. The van der Waals surface area contributed by atoms with E-state index in [0.717, 1.165) is 3.57 Å². The molecule has 0 heterocycles. The van der Waals surface area contributed by atoms with Gasteiger partial charge in [-0.25, -0.2) is 0 Å². The first kappa shape index (κ1) is 11.1. The van der Waals surface area contributed by atoms with Crippen LogP contribution in [0.3, 0.4) is 0 Å². The lowest BCUT2D eigenvalue weighted by molar-refractivity contribution is 0.0997. The first-order chi connectivity index (χ1) is 6.60. The zero-order chi connectivity index (χ0) is 10.7. The fourth-order valence-electron chi connectivity index (χ4n) is 1.08. The Morgan fingerprint density at radius 2 is 2.00 bits per heavy atom. The lowest BCUT2D eigenvalue weighted by Gasteiger charge is -2.09. The minimum atomic E-state index is -0.529. The number of hydrogen-bond acceptors (Lipinski definition) is 3. The van der Waals surface area contributed by atoms with E-state index in [1.165, 1.54) is 14.2 Å². The van der Waals surface area contributed by atoms with Gasteiger partial charge in [0.05, 0.1) is 23.4 Å². The molecule has 0 saturated carbocycles. The topological polar surface area (TPSA) is 61.6 Å². The maximum Gasteiger partial charge on any atom is 0.252 e. The molecule has 0 aromatic heterocycles. The van der Waals surface area contributed by atoms with E-state index >= 15 is 0 Å². The number of carbonyl (C=O) groups excluding carboxylic acids is 1. The maximum atomic E-state index is 11.1. The van der Waals surface area contributed by atoms with Crippen molar-refractivity contribution in [2.24, 2.45) is 5.73 Å². The Morgan fingerprint density at radius 3 is 2.43 bits per heavy atom. The molecule has 1 aromatic carbocycles. The number of rotatable bonds is 3. The summed E-state index contributed by atoms with van der Waals surface area (Å²) in [6.07, 6.45) is 0. The van der Waals surface area contributed by atoms with Gasteiger partial charge in [-0.1, -0.05) is 0 Å². The van der Waals surface area contributed by atoms with Gasteiger partial charge in [-0.15, -0.1) is 0 Å². The molecule has 0 radical (unpaired) electrons. The van der Waals surface area contributed by atoms with Gasteiger partial charge < -0.3 is 15.2 Å². The van der Waals surface area contributed by atoms with Crippen molar-refractivity contribution in [3.8, 4) is 11.5 Å². The van der Waals surface area contributed by atoms with Crippen molar-refractivity contribution in [2.45, 2.75) is 0 Å². The number of hydrogen-bond donors (Lipinski definition) is 1. The van der Waals surface area contributed by atoms with Crippen LogP contribution >= 0.6 is 22.6 Å². The highest BCUT2D eigenvalue weighted by Gasteiger charge is 2.14. The van der Waals surface area contributed by atoms with Crippen LogP contribution in [0.1, 0.15) is 10.4 Å². The third kappa shape index (κ3) is 2.09. The van der Waals surface area contributed by atoms with E-state index in [1.54, 1.807) is 12.1 Å². The highest BCUT2D eigenvalue weighted by molar-refractivity contribution is 14.1. The third-order valence-electron chi connectivity index (χ3n) is 1.72. The number of halogens is 1. The van der Waals surface area contributed by atoms with Crippen LogP contribution in [0.4, 0.5) is 0 Å². The van der Waals surface area contributed by atoms with E-state index in [-0.39, 0.29) is 0 Å². The van der Waals surface area contributed by atoms with Crippen LogP contribution in [-0.4, -0.2) is 20.1 Å². The molecule has 0 aliphatic heterocycles. The summed E-state index contributed by atoms with van der Waals surface area (Å²) in [6.45, 7) is 0. The van der Waals surface area contributed by atoms with Crippen molar-refractivity contribution in [3.63, 3.8) is 0 Å². The van der Waals surface area contributed by atoms with Crippen molar-refractivity contribution in [2.75, 3.05) is 14.2 Å². The highest BCUT2D eigenvalue weighted by atomic mass is 127. The minimum Gasteiger partial charge on any atom is -0.497 e. The second-order valence-electron chi connectivity index (χ2n) is 2.55. The van der Waals surface area contributed by atoms with E-state index in [1.807, 2.05) is 0 Å². The number of primary amides is 1. The first-order valence-corrected chi connectivity index (χ1v) is 4.89. The van der Waals surface area contributed by atoms with Gasteiger partial charge in [-0.05, 0) is 34.7 Å². The second-order valence-corrected chi connectivity index (χ2v) is 3.72. The van der Waals surface area contributed by atoms with Crippen LogP contribution < -0.4 is 15.2 Å². The molecule has 0 unspecified atom stereocenters. The molecule has 0 aliphatic carbocycles. The summed E-state index contributed by atoms with van der Waals surface area (Å²) in [6, 6.07) is 3.33. The summed E-state index contributed by atoms with van der Waals surface area (Å²) in [4.78, 5) is 11.1. The van der Waals surface area contributed by atoms with E-state index in [0.29, 0.717) is 17.1 Å². The van der Waals surface area contributed by atoms with Gasteiger partial charge in [-0.3, -0.25) is 4.79 Å². The van der Waals surface area contributed by atoms with Crippen LogP contribution in [-0.2, 0) is 0 Å². The van der Waals surface area contributed by atoms with Crippen LogP contribution in [0.5, 0.6) is 11.5 Å². The second kappa shape index (κ2) is 4.50. The summed E-state index contributed by atoms with van der Waals surface area (Å²) < 4.78 is 10.9. The van der Waals surface area contributed by atoms with E-state index in [9.17, 15) is 4.79 Å². The summed E-state index contributed by atoms with van der Waals surface area (Å²) in [5.74, 6) is 0.543. The van der Waals surface area contributed by atoms with Gasteiger partial charge >= 0.3 is 0 Å². The zero-order valence-corrected chi connectivity index (χ0v) is 9.99. The predicted octanol–water partition coefficient (Wildman–Crippen LogP) is 1.41. The zero-order valence-electron chi connectivity index (χ0n) is 7.83. The number of amides is 1. The van der Waals surface area contributed by atoms with Gasteiger partial charge in [-0.2, -0.15) is 0 Å². The molecule has 5 heteroatoms. The average molecular weight is 307 g/mol. The molecule has 0 atom stereocenters. The molecular weight excluding hydrogens is 297 g/mol. The molecule has 4 nitrogen and oxygen atoms in total. The summed E-state index contributed by atoms with van der Waals surface area (Å²) in [5.41, 5.74) is 5.53. The monoisotopic (exact) mass is 307 g/mol. The molecule has 1 amide bonds. The van der Waals surface area contributed by atoms with Gasteiger partial charge in [0.25, 0.3) is 5.91 Å². The predicted molar refractivity (Wildman–Crippen MR) is 60.8 cm³/mol. The largest absolute Gasteiger partial charge is 0.497 e. The molecule has 0 saturated heterocycles. The molecule has 2 N–H and O–H groups in total. The molecule has 0 bridgehead atoms. The van der Waals surface area contributed by atoms with Crippen molar-refractivity contribution < 1.29 is 14.3 Å². The van der Waals surface area contributed by atoms with E-state index in [2.05, 4.69) is 22.6 Å². The fourth-order valence-corrected chi connectivity index (χ4v) is 1.89. The van der Waals surface area contributed by atoms with Crippen molar-refractivity contribution in [1.82, 2.24) is 0 Å². The van der Waals surface area contributed by atoms with Crippen molar-refractivity contribution in [1.29, 1.82) is 0 Å². The molecule has 76 valence electrons. The summed E-state index contributed by atoms with van der Waals surface area (Å²) >= 11 is 2.06. The Kier molecular flexibility index (Phi) is 3.56. The summed E-state index contributed by atoms with van der Waals surface area (Å²) in [7, 11) is 3.03. The smallest absolute Gasteiger partial charge is 0.252 e. The number of carbonyl (C=O) groups is 1. The third-order valence-corrected chi connectivity index (χ3v) is 2.52. The lowest BCUT2D eigenvalue weighted by atomic mass is 10.2. The minimum absolute atomic E-state index is 0.330. The normalized spacial score (nSPS) is 9.64. The molecule has 0 aliphatic rings. The molecule has 0 spiro atoms. The molecule has 14 heavy (non-hydrogen) atoms. The van der Waals surface area contributed by atoms with Crippen molar-refractivity contribution in [3.05, 3.63) is 21.3 Å². The first-order valence-electron chi connectivity index (χ1n) is 3.81. The number of methoxy groups -OCH3 is 2. The van der Waals surface area contributed by atoms with E-state index in [4.69, 9.17) is 15.2 Å². The molecule has 0 fully saturated rings. The highest BCUT2D eigenvalue weighted by Crippen LogP contribution is 2.30. The SMILES string of the molecule is COc1cc(I)c(OC)c(C(N)=O)c1. The number of benzene rings is 1. The Labute approximate surface area is 95.5 Å². The van der Waals surface area contributed by atoms with Crippen LogP contribution in [0.25, 0.3) is 0 Å². The van der Waals surface area contributed by atoms with Crippen LogP contribution in [0.15, 0.2) is 12.1 Å². The van der Waals surface area contributed by atoms with Gasteiger partial charge in [0.2, 0.25) is 0 Å². The Bertz CT molecular complexity index is 365. The summed E-state index contributed by atoms with van der Waals surface area (Å²) in [5, 5.41) is 0. The molecule has 1 rings (SSSR count). The standard InChI is InChI=1S/C9H10INO3/c1-13-5-3-6(9(11)12)8(14-2)7(10)4-5/h3-4H,1-2H3,(H2,11,12). The van der Waals surface area contributed by atoms with Gasteiger partial charge in [0.15, 0.2) is 0 Å². The molecular formula is C9H10INO3. The van der Waals surface area contributed by atoms with Crippen molar-refractivity contribution >= 4 is 28.5 Å². The van der Waals surface area contributed by atoms with E-state index < -0.39 is 5.91 Å². The number of ether oxygens (including phenoxy) is 2. The lowest BCUT2D eigenvalue weighted by Crippen LogP contribution is -2.13. The van der Waals surface area contributed by atoms with Crippen LogP contribution in [0.2, 0.25) is 0 Å². The number of nitrogens with two attached hydrogens (primary N) is 1. The fraction of sp³-hybridized carbons (Fsp3) is 0.222. The quantitative estimate of drug-likeness (QED) is 0.859. The van der Waals surface area contributed by atoms with Gasteiger partial charge in [0, 0.05) is 0 Å². The average Bonchev–Trinajstić information content (AvgIpc) is 2.16. The maximum absolute atomic E-state index is 11.1. The Morgan fingerprint density at radius 1 is 1.36 bits per heavy atom. The van der Waals surface area contributed by atoms with Gasteiger partial charge in [0.1, 0.15) is 11.5 Å². The Balaban J connectivity index is 3.35. The van der Waals surface area contributed by atoms with Crippen LogP contribution in [0, 0.1) is 3.57 Å². The Hall–Kier alpha value is -0.980.